The quantitative estimate of drug-likeness (QED) is 0.305. The molecule has 1 aromatic carbocycles. The van der Waals surface area contributed by atoms with Crippen LogP contribution in [0.3, 0.4) is 0 Å². The van der Waals surface area contributed by atoms with E-state index in [0.29, 0.717) is 18.9 Å². The van der Waals surface area contributed by atoms with Crippen LogP contribution in [-0.4, -0.2) is 24.7 Å². The number of anilines is 1. The summed E-state index contributed by atoms with van der Waals surface area (Å²) in [6.45, 7) is 1.43. The molecule has 1 aliphatic carbocycles. The van der Waals surface area contributed by atoms with Crippen LogP contribution in [0.1, 0.15) is 24.8 Å². The Bertz CT molecular complexity index is 456. The minimum Gasteiger partial charge on any atom is -0.409 e. The molecule has 0 saturated heterocycles. The molecule has 0 atom stereocenters. The molecule has 5 heteroatoms. The zero-order chi connectivity index (χ0) is 13.7. The van der Waals surface area contributed by atoms with Crippen molar-refractivity contribution < 1.29 is 9.94 Å². The predicted molar refractivity (Wildman–Crippen MR) is 75.3 cm³/mol. The summed E-state index contributed by atoms with van der Waals surface area (Å²) in [4.78, 5) is 0. The molecule has 5 nitrogen and oxygen atoms in total. The number of para-hydroxylation sites is 1. The summed E-state index contributed by atoms with van der Waals surface area (Å²) in [5.41, 5.74) is 7.98. The number of amidine groups is 1. The minimum absolute atomic E-state index is 0.149. The van der Waals surface area contributed by atoms with E-state index in [1.54, 1.807) is 7.11 Å². The van der Waals surface area contributed by atoms with Gasteiger partial charge >= 0.3 is 0 Å². The van der Waals surface area contributed by atoms with E-state index >= 15 is 0 Å². The normalized spacial score (nSPS) is 17.2. The Balaban J connectivity index is 1.95. The van der Waals surface area contributed by atoms with E-state index in [9.17, 15) is 0 Å². The molecule has 0 spiro atoms. The highest BCUT2D eigenvalue weighted by atomic mass is 16.5. The summed E-state index contributed by atoms with van der Waals surface area (Å²) < 4.78 is 5.19. The van der Waals surface area contributed by atoms with E-state index in [0.717, 1.165) is 30.6 Å². The zero-order valence-electron chi connectivity index (χ0n) is 11.2. The van der Waals surface area contributed by atoms with Crippen LogP contribution < -0.4 is 11.1 Å². The number of methoxy groups -OCH3 is 1. The van der Waals surface area contributed by atoms with Gasteiger partial charge in [0.05, 0.1) is 6.61 Å². The van der Waals surface area contributed by atoms with Gasteiger partial charge in [-0.3, -0.25) is 0 Å². The van der Waals surface area contributed by atoms with Crippen molar-refractivity contribution in [3.63, 3.8) is 0 Å². The Morgan fingerprint density at radius 2 is 2.21 bits per heavy atom. The van der Waals surface area contributed by atoms with Crippen LogP contribution in [0.5, 0.6) is 0 Å². The molecule has 2 rings (SSSR count). The number of nitrogens with zero attached hydrogens (tertiary/aromatic N) is 1. The standard InChI is InChI=1S/C14H21N3O2/c1-19-9-11-4-2-3-5-12(11)16-10-14(6-7-14)8-13(15)17-18/h2-5,16,18H,6-10H2,1H3,(H2,15,17). The first kappa shape index (κ1) is 13.7. The molecule has 1 fully saturated rings. The van der Waals surface area contributed by atoms with Crippen LogP contribution in [0.15, 0.2) is 29.4 Å². The van der Waals surface area contributed by atoms with E-state index in [1.807, 2.05) is 18.2 Å². The number of hydrogen-bond donors (Lipinski definition) is 3. The van der Waals surface area contributed by atoms with Gasteiger partial charge < -0.3 is 21.0 Å². The van der Waals surface area contributed by atoms with Crippen molar-refractivity contribution in [3.05, 3.63) is 29.8 Å². The van der Waals surface area contributed by atoms with E-state index in [-0.39, 0.29) is 5.41 Å². The van der Waals surface area contributed by atoms with Crippen LogP contribution in [0.25, 0.3) is 0 Å². The fourth-order valence-electron chi connectivity index (χ4n) is 2.27. The first-order chi connectivity index (χ1) is 9.19. The molecule has 104 valence electrons. The number of nitrogens with two attached hydrogens (primary N) is 1. The summed E-state index contributed by atoms with van der Waals surface area (Å²) >= 11 is 0. The maximum atomic E-state index is 8.65. The highest BCUT2D eigenvalue weighted by molar-refractivity contribution is 5.80. The average Bonchev–Trinajstić information content (AvgIpc) is 3.18. The zero-order valence-corrected chi connectivity index (χ0v) is 11.2. The molecular formula is C14H21N3O2. The average molecular weight is 263 g/mol. The summed E-state index contributed by atoms with van der Waals surface area (Å²) in [6.07, 6.45) is 2.87. The van der Waals surface area contributed by atoms with Gasteiger partial charge in [0.15, 0.2) is 0 Å². The molecule has 0 aliphatic heterocycles. The van der Waals surface area contributed by atoms with Crippen LogP contribution in [0.2, 0.25) is 0 Å². The van der Waals surface area contributed by atoms with Crippen molar-refractivity contribution in [1.29, 1.82) is 0 Å². The topological polar surface area (TPSA) is 79.9 Å². The fraction of sp³-hybridized carbons (Fsp3) is 0.500. The maximum absolute atomic E-state index is 8.65. The molecule has 1 saturated carbocycles. The Kier molecular flexibility index (Phi) is 4.27. The number of rotatable bonds is 7. The molecule has 0 bridgehead atoms. The van der Waals surface area contributed by atoms with E-state index in [2.05, 4.69) is 16.5 Å². The van der Waals surface area contributed by atoms with Crippen LogP contribution in [-0.2, 0) is 11.3 Å². The van der Waals surface area contributed by atoms with Gasteiger partial charge in [-0.1, -0.05) is 23.4 Å². The number of benzene rings is 1. The monoisotopic (exact) mass is 263 g/mol. The Labute approximate surface area is 113 Å². The fourth-order valence-corrected chi connectivity index (χ4v) is 2.27. The Morgan fingerprint density at radius 3 is 2.84 bits per heavy atom. The molecule has 0 radical (unpaired) electrons. The second kappa shape index (κ2) is 5.93. The summed E-state index contributed by atoms with van der Waals surface area (Å²) in [6, 6.07) is 8.11. The highest BCUT2D eigenvalue weighted by Gasteiger charge is 2.43. The SMILES string of the molecule is COCc1ccccc1NCC1(CC(N)=NO)CC1. The lowest BCUT2D eigenvalue weighted by Gasteiger charge is -2.18. The lowest BCUT2D eigenvalue weighted by Crippen LogP contribution is -2.24. The largest absolute Gasteiger partial charge is 0.409 e. The number of hydrogen-bond acceptors (Lipinski definition) is 4. The molecule has 0 unspecified atom stereocenters. The van der Waals surface area contributed by atoms with Gasteiger partial charge in [-0.25, -0.2) is 0 Å². The molecule has 19 heavy (non-hydrogen) atoms. The second-order valence-corrected chi connectivity index (χ2v) is 5.21. The van der Waals surface area contributed by atoms with Gasteiger partial charge in [0.1, 0.15) is 5.84 Å². The van der Waals surface area contributed by atoms with Gasteiger partial charge in [-0.05, 0) is 24.3 Å². The van der Waals surface area contributed by atoms with Crippen molar-refractivity contribution >= 4 is 11.5 Å². The third kappa shape index (κ3) is 3.61. The highest BCUT2D eigenvalue weighted by Crippen LogP contribution is 2.48. The molecule has 0 aromatic heterocycles. The lowest BCUT2D eigenvalue weighted by molar-refractivity contribution is 0.185. The van der Waals surface area contributed by atoms with Gasteiger partial charge in [0, 0.05) is 31.3 Å². The van der Waals surface area contributed by atoms with Crippen molar-refractivity contribution in [2.24, 2.45) is 16.3 Å². The molecule has 1 aliphatic rings. The number of nitrogens with one attached hydrogen (secondary N) is 1. The van der Waals surface area contributed by atoms with Crippen molar-refractivity contribution in [2.45, 2.75) is 25.9 Å². The summed E-state index contributed by atoms with van der Waals surface area (Å²) in [5.74, 6) is 0.310. The molecule has 0 amide bonds. The minimum atomic E-state index is 0.149. The van der Waals surface area contributed by atoms with Crippen LogP contribution in [0.4, 0.5) is 5.69 Å². The molecule has 1 aromatic rings. The second-order valence-electron chi connectivity index (χ2n) is 5.21. The van der Waals surface area contributed by atoms with E-state index < -0.39 is 0 Å². The summed E-state index contributed by atoms with van der Waals surface area (Å²) in [7, 11) is 1.69. The third-order valence-electron chi connectivity index (χ3n) is 3.61. The van der Waals surface area contributed by atoms with Gasteiger partial charge in [0.25, 0.3) is 0 Å². The molecule has 4 N–H and O–H groups in total. The third-order valence-corrected chi connectivity index (χ3v) is 3.61. The molecular weight excluding hydrogens is 242 g/mol. The number of ether oxygens (including phenoxy) is 1. The first-order valence-electron chi connectivity index (χ1n) is 6.46. The van der Waals surface area contributed by atoms with Crippen molar-refractivity contribution in [3.8, 4) is 0 Å². The maximum Gasteiger partial charge on any atom is 0.139 e. The van der Waals surface area contributed by atoms with E-state index in [1.165, 1.54) is 0 Å². The lowest BCUT2D eigenvalue weighted by atomic mass is 10.0. The predicted octanol–water partition coefficient (Wildman–Crippen LogP) is 2.16. The summed E-state index contributed by atoms with van der Waals surface area (Å²) in [5, 5.41) is 15.2. The van der Waals surface area contributed by atoms with Gasteiger partial charge in [-0.15, -0.1) is 0 Å². The first-order valence-corrected chi connectivity index (χ1v) is 6.46. The Morgan fingerprint density at radius 1 is 1.47 bits per heavy atom. The van der Waals surface area contributed by atoms with Crippen molar-refractivity contribution in [2.75, 3.05) is 19.0 Å². The molecule has 0 heterocycles. The van der Waals surface area contributed by atoms with Crippen molar-refractivity contribution in [1.82, 2.24) is 0 Å². The van der Waals surface area contributed by atoms with Crippen LogP contribution >= 0.6 is 0 Å². The van der Waals surface area contributed by atoms with Crippen LogP contribution in [0, 0.1) is 5.41 Å². The Hall–Kier alpha value is -1.75. The number of oxime groups is 1. The van der Waals surface area contributed by atoms with Gasteiger partial charge in [-0.2, -0.15) is 0 Å². The van der Waals surface area contributed by atoms with E-state index in [4.69, 9.17) is 15.7 Å². The smallest absolute Gasteiger partial charge is 0.139 e. The van der Waals surface area contributed by atoms with Gasteiger partial charge in [0.2, 0.25) is 0 Å².